The van der Waals surface area contributed by atoms with Crippen LogP contribution in [0.3, 0.4) is 0 Å². The second-order valence-electron chi connectivity index (χ2n) is 5.22. The molecule has 0 N–H and O–H groups in total. The van der Waals surface area contributed by atoms with E-state index in [1.807, 2.05) is 38.1 Å². The molecule has 4 heteroatoms. The molecule has 0 saturated carbocycles. The van der Waals surface area contributed by atoms with E-state index in [9.17, 15) is 0 Å². The summed E-state index contributed by atoms with van der Waals surface area (Å²) in [4.78, 5) is 0. The molecule has 0 fully saturated rings. The van der Waals surface area contributed by atoms with Crippen molar-refractivity contribution < 1.29 is 4.74 Å². The quantitative estimate of drug-likeness (QED) is 0.492. The van der Waals surface area contributed by atoms with E-state index in [4.69, 9.17) is 16.3 Å². The molecule has 0 aliphatic rings. The summed E-state index contributed by atoms with van der Waals surface area (Å²) in [6, 6.07) is 12.1. The summed E-state index contributed by atoms with van der Waals surface area (Å²) in [5.74, 6) is 0.843. The maximum absolute atomic E-state index is 6.66. The van der Waals surface area contributed by atoms with Crippen molar-refractivity contribution in [3.05, 3.63) is 62.0 Å². The average molecular weight is 433 g/mol. The van der Waals surface area contributed by atoms with Crippen LogP contribution in [0.4, 0.5) is 0 Å². The Balaban J connectivity index is 2.36. The van der Waals surface area contributed by atoms with Crippen molar-refractivity contribution in [2.75, 3.05) is 0 Å². The first-order valence-corrected chi connectivity index (χ1v) is 8.77. The van der Waals surface area contributed by atoms with Crippen LogP contribution in [0.15, 0.2) is 45.3 Å². The maximum atomic E-state index is 6.66. The number of benzene rings is 2. The average Bonchev–Trinajstić information content (AvgIpc) is 2.41. The minimum Gasteiger partial charge on any atom is -0.491 e. The van der Waals surface area contributed by atoms with Gasteiger partial charge in [0, 0.05) is 8.95 Å². The summed E-state index contributed by atoms with van der Waals surface area (Å²) >= 11 is 13.8. The lowest BCUT2D eigenvalue weighted by Crippen LogP contribution is -2.06. The van der Waals surface area contributed by atoms with Crippen molar-refractivity contribution in [3.63, 3.8) is 0 Å². The molecule has 0 radical (unpaired) electrons. The van der Waals surface area contributed by atoms with Crippen LogP contribution in [0, 0.1) is 6.92 Å². The first-order chi connectivity index (χ1) is 9.88. The number of aryl methyl sites for hydroxylation is 1. The second kappa shape index (κ2) is 7.17. The highest BCUT2D eigenvalue weighted by molar-refractivity contribution is 9.11. The van der Waals surface area contributed by atoms with Gasteiger partial charge in [-0.2, -0.15) is 0 Å². The van der Waals surface area contributed by atoms with Crippen molar-refractivity contribution in [1.82, 2.24) is 0 Å². The Morgan fingerprint density at radius 3 is 2.43 bits per heavy atom. The molecule has 0 spiro atoms. The summed E-state index contributed by atoms with van der Waals surface area (Å²) in [6.07, 6.45) is 0.147. The van der Waals surface area contributed by atoms with Gasteiger partial charge in [0.25, 0.3) is 0 Å². The van der Waals surface area contributed by atoms with E-state index >= 15 is 0 Å². The third-order valence-corrected chi connectivity index (χ3v) is 5.10. The lowest BCUT2D eigenvalue weighted by Gasteiger charge is -2.16. The number of ether oxygens (including phenoxy) is 1. The Labute approximate surface area is 147 Å². The van der Waals surface area contributed by atoms with E-state index in [2.05, 4.69) is 50.9 Å². The highest BCUT2D eigenvalue weighted by atomic mass is 79.9. The van der Waals surface area contributed by atoms with Crippen LogP contribution in [0.1, 0.15) is 35.9 Å². The van der Waals surface area contributed by atoms with Crippen LogP contribution >= 0.6 is 43.5 Å². The highest BCUT2D eigenvalue weighted by Gasteiger charge is 2.16. The molecular formula is C17H17Br2ClO. The van der Waals surface area contributed by atoms with Crippen LogP contribution in [-0.2, 0) is 0 Å². The molecule has 2 aromatic rings. The summed E-state index contributed by atoms with van der Waals surface area (Å²) in [5.41, 5.74) is 3.23. The smallest absolute Gasteiger partial charge is 0.120 e. The summed E-state index contributed by atoms with van der Waals surface area (Å²) in [7, 11) is 0. The molecule has 112 valence electrons. The predicted molar refractivity (Wildman–Crippen MR) is 96.5 cm³/mol. The Bertz CT molecular complexity index is 641. The molecule has 1 atom stereocenters. The largest absolute Gasteiger partial charge is 0.491 e. The van der Waals surface area contributed by atoms with Gasteiger partial charge in [-0.1, -0.05) is 44.0 Å². The molecule has 0 bridgehead atoms. The van der Waals surface area contributed by atoms with E-state index in [1.165, 1.54) is 5.56 Å². The minimum atomic E-state index is -0.230. The number of rotatable bonds is 4. The van der Waals surface area contributed by atoms with Gasteiger partial charge in [0.2, 0.25) is 0 Å². The lowest BCUT2D eigenvalue weighted by atomic mass is 10.0. The van der Waals surface area contributed by atoms with Gasteiger partial charge >= 0.3 is 0 Å². The van der Waals surface area contributed by atoms with Gasteiger partial charge in [0.15, 0.2) is 0 Å². The van der Waals surface area contributed by atoms with Crippen molar-refractivity contribution in [3.8, 4) is 5.75 Å². The molecule has 1 nitrogen and oxygen atoms in total. The molecule has 2 rings (SSSR count). The number of alkyl halides is 1. The number of hydrogen-bond donors (Lipinski definition) is 0. The van der Waals surface area contributed by atoms with E-state index in [0.29, 0.717) is 0 Å². The Morgan fingerprint density at radius 1 is 1.05 bits per heavy atom. The topological polar surface area (TPSA) is 9.23 Å². The van der Waals surface area contributed by atoms with Crippen LogP contribution in [0.25, 0.3) is 0 Å². The molecule has 0 aliphatic heterocycles. The van der Waals surface area contributed by atoms with Gasteiger partial charge in [-0.05, 0) is 61.7 Å². The molecule has 2 aromatic carbocycles. The van der Waals surface area contributed by atoms with Gasteiger partial charge in [-0.25, -0.2) is 0 Å². The zero-order valence-electron chi connectivity index (χ0n) is 12.2. The molecule has 0 heterocycles. The number of halogens is 3. The van der Waals surface area contributed by atoms with Crippen molar-refractivity contribution in [2.45, 2.75) is 32.3 Å². The maximum Gasteiger partial charge on any atom is 0.120 e. The number of hydrogen-bond acceptors (Lipinski definition) is 1. The summed E-state index contributed by atoms with van der Waals surface area (Å²) in [6.45, 7) is 6.08. The van der Waals surface area contributed by atoms with Crippen molar-refractivity contribution in [1.29, 1.82) is 0 Å². The fourth-order valence-electron chi connectivity index (χ4n) is 2.05. The van der Waals surface area contributed by atoms with Crippen LogP contribution in [0.2, 0.25) is 0 Å². The lowest BCUT2D eigenvalue weighted by molar-refractivity contribution is 0.242. The zero-order valence-corrected chi connectivity index (χ0v) is 16.1. The Morgan fingerprint density at radius 2 is 1.76 bits per heavy atom. The fourth-order valence-corrected chi connectivity index (χ4v) is 3.55. The van der Waals surface area contributed by atoms with E-state index in [-0.39, 0.29) is 11.5 Å². The molecular weight excluding hydrogens is 415 g/mol. The normalized spacial score (nSPS) is 12.5. The van der Waals surface area contributed by atoms with Gasteiger partial charge in [-0.3, -0.25) is 0 Å². The molecule has 21 heavy (non-hydrogen) atoms. The molecule has 0 amide bonds. The minimum absolute atomic E-state index is 0.147. The Kier molecular flexibility index (Phi) is 5.75. The molecule has 0 aliphatic carbocycles. The van der Waals surface area contributed by atoms with E-state index in [1.54, 1.807) is 0 Å². The third kappa shape index (κ3) is 4.24. The van der Waals surface area contributed by atoms with Gasteiger partial charge < -0.3 is 4.74 Å². The fraction of sp³-hybridized carbons (Fsp3) is 0.294. The zero-order chi connectivity index (χ0) is 15.6. The highest BCUT2D eigenvalue weighted by Crippen LogP contribution is 2.37. The van der Waals surface area contributed by atoms with E-state index < -0.39 is 0 Å². The first-order valence-electron chi connectivity index (χ1n) is 6.74. The predicted octanol–water partition coefficient (Wildman–Crippen LogP) is 6.64. The van der Waals surface area contributed by atoms with Crippen LogP contribution < -0.4 is 4.74 Å². The SMILES string of the molecule is Cc1cc(Br)c(C(Cl)c2cccc(OC(C)C)c2)cc1Br. The third-order valence-electron chi connectivity index (χ3n) is 3.07. The summed E-state index contributed by atoms with van der Waals surface area (Å²) < 4.78 is 7.80. The van der Waals surface area contributed by atoms with Crippen molar-refractivity contribution in [2.24, 2.45) is 0 Å². The van der Waals surface area contributed by atoms with Crippen molar-refractivity contribution >= 4 is 43.5 Å². The first kappa shape index (κ1) is 16.9. The monoisotopic (exact) mass is 430 g/mol. The second-order valence-corrected chi connectivity index (χ2v) is 7.37. The standard InChI is InChI=1S/C17H17Br2ClO/c1-10(2)21-13-6-4-5-12(8-13)17(20)14-9-15(18)11(3)7-16(14)19/h4-10,17H,1-3H3. The molecule has 0 aromatic heterocycles. The van der Waals surface area contributed by atoms with Crippen LogP contribution in [0.5, 0.6) is 5.75 Å². The van der Waals surface area contributed by atoms with Gasteiger partial charge in [0.05, 0.1) is 11.5 Å². The Hall–Kier alpha value is -0.510. The van der Waals surface area contributed by atoms with Crippen LogP contribution in [-0.4, -0.2) is 6.10 Å². The van der Waals surface area contributed by atoms with E-state index in [0.717, 1.165) is 25.8 Å². The van der Waals surface area contributed by atoms with Gasteiger partial charge in [0.1, 0.15) is 5.75 Å². The molecule has 1 unspecified atom stereocenters. The summed E-state index contributed by atoms with van der Waals surface area (Å²) in [5, 5.41) is -0.230. The molecule has 0 saturated heterocycles. The van der Waals surface area contributed by atoms with Gasteiger partial charge in [-0.15, -0.1) is 11.6 Å².